The molecule has 0 aromatic carbocycles. The third-order valence-electron chi connectivity index (χ3n) is 1.36. The topological polar surface area (TPSA) is 0 Å². The van der Waals surface area contributed by atoms with Crippen LogP contribution in [0.3, 0.4) is 0 Å². The first kappa shape index (κ1) is 7.48. The van der Waals surface area contributed by atoms with Crippen molar-refractivity contribution < 1.29 is 0 Å². The molecular weight excluding hydrogens is 96.1 g/mol. The third-order valence-corrected chi connectivity index (χ3v) is 1.36. The van der Waals surface area contributed by atoms with Gasteiger partial charge in [-0.05, 0) is 19.3 Å². The maximum atomic E-state index is 3.83. The molecule has 0 nitrogen and oxygen atoms in total. The van der Waals surface area contributed by atoms with E-state index >= 15 is 0 Å². The largest absolute Gasteiger partial charge is 0.102 e. The molecule has 0 aromatic rings. The summed E-state index contributed by atoms with van der Waals surface area (Å²) in [5.41, 5.74) is 1.21. The molecule has 0 saturated heterocycles. The zero-order valence-electron chi connectivity index (χ0n) is 5.78. The standard InChI is InChI=1S/C8H14/c1-5-8(6-2)7(3)4/h5,8H,1,3,6H2,2,4H3. The van der Waals surface area contributed by atoms with Gasteiger partial charge in [0.1, 0.15) is 0 Å². The van der Waals surface area contributed by atoms with Crippen LogP contribution in [0.2, 0.25) is 0 Å². The lowest BCUT2D eigenvalue weighted by Gasteiger charge is -2.06. The smallest absolute Gasteiger partial charge is 0.00340 e. The van der Waals surface area contributed by atoms with Gasteiger partial charge in [-0.3, -0.25) is 0 Å². The van der Waals surface area contributed by atoms with Crippen LogP contribution in [-0.2, 0) is 0 Å². The van der Waals surface area contributed by atoms with Crippen molar-refractivity contribution >= 4 is 0 Å². The highest BCUT2D eigenvalue weighted by Crippen LogP contribution is 2.12. The number of hydrogen-bond acceptors (Lipinski definition) is 0. The Kier molecular flexibility index (Phi) is 3.25. The lowest BCUT2D eigenvalue weighted by molar-refractivity contribution is 0.732. The predicted octanol–water partition coefficient (Wildman–Crippen LogP) is 2.77. The van der Waals surface area contributed by atoms with Crippen molar-refractivity contribution in [3.63, 3.8) is 0 Å². The van der Waals surface area contributed by atoms with Crippen LogP contribution in [0.15, 0.2) is 24.8 Å². The minimum atomic E-state index is 0.523. The Morgan fingerprint density at radius 1 is 1.75 bits per heavy atom. The Hall–Kier alpha value is -0.520. The molecule has 0 aliphatic heterocycles. The molecule has 8 heavy (non-hydrogen) atoms. The second-order valence-corrected chi connectivity index (χ2v) is 2.10. The molecule has 0 amide bonds. The van der Waals surface area contributed by atoms with Crippen LogP contribution in [0, 0.1) is 5.92 Å². The maximum Gasteiger partial charge on any atom is -0.00340 e. The highest BCUT2D eigenvalue weighted by atomic mass is 14.0. The molecule has 1 unspecified atom stereocenters. The number of hydrogen-bond donors (Lipinski definition) is 0. The monoisotopic (exact) mass is 110 g/mol. The van der Waals surface area contributed by atoms with Crippen molar-refractivity contribution in [3.8, 4) is 0 Å². The Balaban J connectivity index is 3.69. The summed E-state index contributed by atoms with van der Waals surface area (Å²) in [5.74, 6) is 0.523. The Labute approximate surface area is 51.9 Å². The van der Waals surface area contributed by atoms with E-state index in [-0.39, 0.29) is 0 Å². The fraction of sp³-hybridized carbons (Fsp3) is 0.500. The quantitative estimate of drug-likeness (QED) is 0.490. The SMILES string of the molecule is C=CC(CC)C(=C)C. The van der Waals surface area contributed by atoms with E-state index in [1.807, 2.05) is 13.0 Å². The average molecular weight is 110 g/mol. The van der Waals surface area contributed by atoms with E-state index in [2.05, 4.69) is 20.1 Å². The normalized spacial score (nSPS) is 12.8. The van der Waals surface area contributed by atoms with E-state index in [1.165, 1.54) is 5.57 Å². The van der Waals surface area contributed by atoms with Crippen molar-refractivity contribution in [2.24, 2.45) is 5.92 Å². The van der Waals surface area contributed by atoms with Gasteiger partial charge in [0.2, 0.25) is 0 Å². The highest BCUT2D eigenvalue weighted by Gasteiger charge is 1.97. The molecule has 0 radical (unpaired) electrons. The van der Waals surface area contributed by atoms with E-state index in [4.69, 9.17) is 0 Å². The summed E-state index contributed by atoms with van der Waals surface area (Å²) in [7, 11) is 0. The van der Waals surface area contributed by atoms with Gasteiger partial charge in [0, 0.05) is 0 Å². The van der Waals surface area contributed by atoms with Gasteiger partial charge in [-0.1, -0.05) is 25.2 Å². The maximum absolute atomic E-state index is 3.83. The summed E-state index contributed by atoms with van der Waals surface area (Å²) in [4.78, 5) is 0. The molecule has 0 fully saturated rings. The summed E-state index contributed by atoms with van der Waals surface area (Å²) in [5, 5.41) is 0. The van der Waals surface area contributed by atoms with Crippen LogP contribution in [0.1, 0.15) is 20.3 Å². The van der Waals surface area contributed by atoms with E-state index in [1.54, 1.807) is 0 Å². The van der Waals surface area contributed by atoms with E-state index in [9.17, 15) is 0 Å². The summed E-state index contributed by atoms with van der Waals surface area (Å²) >= 11 is 0. The van der Waals surface area contributed by atoms with Crippen LogP contribution < -0.4 is 0 Å². The highest BCUT2D eigenvalue weighted by molar-refractivity contribution is 5.03. The Morgan fingerprint density at radius 3 is 2.25 bits per heavy atom. The number of rotatable bonds is 3. The van der Waals surface area contributed by atoms with Crippen molar-refractivity contribution in [1.29, 1.82) is 0 Å². The zero-order valence-corrected chi connectivity index (χ0v) is 5.78. The molecule has 0 aliphatic carbocycles. The van der Waals surface area contributed by atoms with Gasteiger partial charge in [0.15, 0.2) is 0 Å². The molecule has 0 saturated carbocycles. The molecular formula is C8H14. The lowest BCUT2D eigenvalue weighted by atomic mass is 10.00. The van der Waals surface area contributed by atoms with Crippen LogP contribution in [0.5, 0.6) is 0 Å². The summed E-state index contributed by atoms with van der Waals surface area (Å²) < 4.78 is 0. The first-order valence-electron chi connectivity index (χ1n) is 3.00. The van der Waals surface area contributed by atoms with Crippen LogP contribution >= 0.6 is 0 Å². The average Bonchev–Trinajstić information content (AvgIpc) is 1.69. The Morgan fingerprint density at radius 2 is 2.25 bits per heavy atom. The van der Waals surface area contributed by atoms with Gasteiger partial charge in [-0.15, -0.1) is 6.58 Å². The fourth-order valence-electron chi connectivity index (χ4n) is 0.716. The molecule has 46 valence electrons. The van der Waals surface area contributed by atoms with Crippen LogP contribution in [-0.4, -0.2) is 0 Å². The van der Waals surface area contributed by atoms with E-state index in [0.29, 0.717) is 5.92 Å². The zero-order chi connectivity index (χ0) is 6.57. The van der Waals surface area contributed by atoms with Crippen molar-refractivity contribution in [2.75, 3.05) is 0 Å². The van der Waals surface area contributed by atoms with Gasteiger partial charge in [-0.2, -0.15) is 0 Å². The van der Waals surface area contributed by atoms with Crippen molar-refractivity contribution in [3.05, 3.63) is 24.8 Å². The predicted molar refractivity (Wildman–Crippen MR) is 38.8 cm³/mol. The van der Waals surface area contributed by atoms with Crippen molar-refractivity contribution in [1.82, 2.24) is 0 Å². The third kappa shape index (κ3) is 1.97. The summed E-state index contributed by atoms with van der Waals surface area (Å²) in [6.45, 7) is 11.7. The van der Waals surface area contributed by atoms with Crippen LogP contribution in [0.25, 0.3) is 0 Å². The van der Waals surface area contributed by atoms with Gasteiger partial charge >= 0.3 is 0 Å². The fourth-order valence-corrected chi connectivity index (χ4v) is 0.716. The molecule has 0 spiro atoms. The first-order chi connectivity index (χ1) is 3.72. The Bertz CT molecular complexity index is 90.2. The molecule has 0 heteroatoms. The second-order valence-electron chi connectivity index (χ2n) is 2.10. The molecule has 0 aromatic heterocycles. The minimum absolute atomic E-state index is 0.523. The molecule has 0 N–H and O–H groups in total. The first-order valence-corrected chi connectivity index (χ1v) is 3.00. The molecule has 0 aliphatic rings. The lowest BCUT2D eigenvalue weighted by Crippen LogP contribution is -1.92. The van der Waals surface area contributed by atoms with Gasteiger partial charge in [0.05, 0.1) is 0 Å². The second kappa shape index (κ2) is 3.48. The molecule has 0 rings (SSSR count). The van der Waals surface area contributed by atoms with E-state index < -0.39 is 0 Å². The van der Waals surface area contributed by atoms with E-state index in [0.717, 1.165) is 6.42 Å². The summed E-state index contributed by atoms with van der Waals surface area (Å²) in [6.07, 6.45) is 3.07. The molecule has 0 heterocycles. The number of allylic oxidation sites excluding steroid dienone is 2. The molecule has 0 bridgehead atoms. The molecule has 1 atom stereocenters. The van der Waals surface area contributed by atoms with Gasteiger partial charge in [-0.25, -0.2) is 0 Å². The van der Waals surface area contributed by atoms with Gasteiger partial charge in [0.25, 0.3) is 0 Å². The minimum Gasteiger partial charge on any atom is -0.102 e. The summed E-state index contributed by atoms with van der Waals surface area (Å²) in [6, 6.07) is 0. The van der Waals surface area contributed by atoms with Crippen LogP contribution in [0.4, 0.5) is 0 Å². The van der Waals surface area contributed by atoms with Crippen molar-refractivity contribution in [2.45, 2.75) is 20.3 Å². The van der Waals surface area contributed by atoms with Gasteiger partial charge < -0.3 is 0 Å².